The lowest BCUT2D eigenvalue weighted by atomic mass is 9.99. The summed E-state index contributed by atoms with van der Waals surface area (Å²) in [6.45, 7) is 6.69. The number of nitrogens with zero attached hydrogens (tertiary/aromatic N) is 3. The Kier molecular flexibility index (Phi) is 4.86. The Balaban J connectivity index is 2.09. The van der Waals surface area contributed by atoms with Gasteiger partial charge in [0, 0.05) is 26.7 Å². The highest BCUT2D eigenvalue weighted by Gasteiger charge is 2.36. The second-order valence-corrected chi connectivity index (χ2v) is 6.28. The average Bonchev–Trinajstić information content (AvgIpc) is 2.92. The van der Waals surface area contributed by atoms with Crippen molar-refractivity contribution < 1.29 is 9.53 Å². The average molecular weight is 344 g/mol. The summed E-state index contributed by atoms with van der Waals surface area (Å²) < 4.78 is 7.90. The Hall–Kier alpha value is -0.880. The molecule has 5 nitrogen and oxygen atoms in total. The number of rotatable bonds is 4. The minimum absolute atomic E-state index is 0.0161. The summed E-state index contributed by atoms with van der Waals surface area (Å²) in [5, 5.41) is 4.51. The van der Waals surface area contributed by atoms with Crippen LogP contribution in [0.25, 0.3) is 0 Å². The van der Waals surface area contributed by atoms with Gasteiger partial charge in [-0.1, -0.05) is 13.8 Å². The normalized spacial score (nSPS) is 23.2. The fourth-order valence-electron chi connectivity index (χ4n) is 2.86. The van der Waals surface area contributed by atoms with Crippen LogP contribution >= 0.6 is 15.9 Å². The number of hydrogen-bond acceptors (Lipinski definition) is 4. The number of esters is 1. The Bertz CT molecular complexity index is 501. The highest BCUT2D eigenvalue weighted by molar-refractivity contribution is 9.10. The van der Waals surface area contributed by atoms with Gasteiger partial charge in [-0.2, -0.15) is 5.10 Å². The van der Waals surface area contributed by atoms with Crippen LogP contribution in [0, 0.1) is 11.8 Å². The molecule has 2 unspecified atom stereocenters. The largest absolute Gasteiger partial charge is 0.469 e. The number of carbonyl (C=O) groups excluding carboxylic acids is 1. The van der Waals surface area contributed by atoms with Gasteiger partial charge in [-0.05, 0) is 28.3 Å². The molecule has 2 rings (SSSR count). The Labute approximate surface area is 128 Å². The van der Waals surface area contributed by atoms with E-state index in [1.54, 1.807) is 0 Å². The second-order valence-electron chi connectivity index (χ2n) is 5.49. The standard InChI is InChI=1S/C14H22BrN3O2/c1-5-11-13(15)12(17(3)16-11)8-18-6-9(2)10(7-18)14(19)20-4/h9-10H,5-8H2,1-4H3. The molecule has 1 aliphatic heterocycles. The molecule has 2 atom stereocenters. The van der Waals surface area contributed by atoms with E-state index in [2.05, 4.69) is 39.8 Å². The number of methoxy groups -OCH3 is 1. The summed E-state index contributed by atoms with van der Waals surface area (Å²) in [5.74, 6) is 0.219. The molecule has 112 valence electrons. The highest BCUT2D eigenvalue weighted by atomic mass is 79.9. The zero-order valence-electron chi connectivity index (χ0n) is 12.5. The third-order valence-electron chi connectivity index (χ3n) is 4.07. The third-order valence-corrected chi connectivity index (χ3v) is 4.98. The molecule has 1 aromatic rings. The van der Waals surface area contributed by atoms with E-state index in [9.17, 15) is 4.79 Å². The summed E-state index contributed by atoms with van der Waals surface area (Å²) in [6.07, 6.45) is 0.912. The molecule has 0 bridgehead atoms. The van der Waals surface area contributed by atoms with Crippen molar-refractivity contribution in [2.45, 2.75) is 26.8 Å². The first-order valence-electron chi connectivity index (χ1n) is 6.98. The predicted octanol–water partition coefficient (Wildman–Crippen LogP) is 1.99. The van der Waals surface area contributed by atoms with Crippen molar-refractivity contribution in [3.05, 3.63) is 15.9 Å². The van der Waals surface area contributed by atoms with E-state index < -0.39 is 0 Å². The number of hydrogen-bond donors (Lipinski definition) is 0. The molecule has 0 amide bonds. The van der Waals surface area contributed by atoms with E-state index in [-0.39, 0.29) is 11.9 Å². The molecule has 0 aromatic carbocycles. The SMILES string of the molecule is CCc1nn(C)c(CN2CC(C)C(C(=O)OC)C2)c1Br. The molecule has 0 saturated carbocycles. The van der Waals surface area contributed by atoms with Gasteiger partial charge in [-0.3, -0.25) is 14.4 Å². The van der Waals surface area contributed by atoms with Crippen LogP contribution in [0.15, 0.2) is 4.47 Å². The van der Waals surface area contributed by atoms with Gasteiger partial charge in [0.2, 0.25) is 0 Å². The Morgan fingerprint density at radius 2 is 2.20 bits per heavy atom. The maximum absolute atomic E-state index is 11.7. The molecule has 1 aromatic heterocycles. The molecule has 0 aliphatic carbocycles. The maximum atomic E-state index is 11.7. The summed E-state index contributed by atoms with van der Waals surface area (Å²) in [4.78, 5) is 14.0. The van der Waals surface area contributed by atoms with Gasteiger partial charge < -0.3 is 4.74 Å². The van der Waals surface area contributed by atoms with Gasteiger partial charge in [-0.25, -0.2) is 0 Å². The molecule has 1 fully saturated rings. The Morgan fingerprint density at radius 3 is 2.75 bits per heavy atom. The number of ether oxygens (including phenoxy) is 1. The molecule has 1 saturated heterocycles. The fraction of sp³-hybridized carbons (Fsp3) is 0.714. The van der Waals surface area contributed by atoms with Crippen LogP contribution in [-0.4, -0.2) is 40.8 Å². The van der Waals surface area contributed by atoms with Crippen molar-refractivity contribution in [1.29, 1.82) is 0 Å². The monoisotopic (exact) mass is 343 g/mol. The highest BCUT2D eigenvalue weighted by Crippen LogP contribution is 2.28. The van der Waals surface area contributed by atoms with Gasteiger partial charge in [-0.15, -0.1) is 0 Å². The van der Waals surface area contributed by atoms with E-state index in [1.807, 2.05) is 11.7 Å². The van der Waals surface area contributed by atoms with Gasteiger partial charge in [0.25, 0.3) is 0 Å². The third kappa shape index (κ3) is 2.91. The smallest absolute Gasteiger partial charge is 0.310 e. The molecule has 2 heterocycles. The van der Waals surface area contributed by atoms with Crippen LogP contribution in [0.4, 0.5) is 0 Å². The topological polar surface area (TPSA) is 47.4 Å². The lowest BCUT2D eigenvalue weighted by Crippen LogP contribution is -2.25. The molecule has 0 N–H and O–H groups in total. The second kappa shape index (κ2) is 6.26. The first-order valence-corrected chi connectivity index (χ1v) is 7.77. The van der Waals surface area contributed by atoms with Crippen molar-refractivity contribution in [3.8, 4) is 0 Å². The van der Waals surface area contributed by atoms with Crippen molar-refractivity contribution in [2.24, 2.45) is 18.9 Å². The van der Waals surface area contributed by atoms with Crippen LogP contribution in [-0.2, 0) is 29.5 Å². The number of aromatic nitrogens is 2. The maximum Gasteiger partial charge on any atom is 0.310 e. The van der Waals surface area contributed by atoms with E-state index in [0.29, 0.717) is 5.92 Å². The molecular weight excluding hydrogens is 322 g/mol. The zero-order chi connectivity index (χ0) is 14.9. The van der Waals surface area contributed by atoms with Crippen molar-refractivity contribution in [1.82, 2.24) is 14.7 Å². The van der Waals surface area contributed by atoms with Crippen molar-refractivity contribution in [3.63, 3.8) is 0 Å². The predicted molar refractivity (Wildman–Crippen MR) is 80.2 cm³/mol. The van der Waals surface area contributed by atoms with Crippen LogP contribution in [0.2, 0.25) is 0 Å². The molecule has 0 radical (unpaired) electrons. The van der Waals surface area contributed by atoms with Crippen LogP contribution in [0.3, 0.4) is 0 Å². The summed E-state index contributed by atoms with van der Waals surface area (Å²) >= 11 is 3.64. The zero-order valence-corrected chi connectivity index (χ0v) is 14.1. The van der Waals surface area contributed by atoms with E-state index >= 15 is 0 Å². The van der Waals surface area contributed by atoms with Gasteiger partial charge in [0.15, 0.2) is 0 Å². The number of aryl methyl sites for hydroxylation is 2. The molecule has 20 heavy (non-hydrogen) atoms. The van der Waals surface area contributed by atoms with Crippen molar-refractivity contribution in [2.75, 3.05) is 20.2 Å². The van der Waals surface area contributed by atoms with E-state index in [0.717, 1.165) is 36.2 Å². The minimum atomic E-state index is -0.0988. The number of halogens is 1. The van der Waals surface area contributed by atoms with Crippen LogP contribution < -0.4 is 0 Å². The van der Waals surface area contributed by atoms with Crippen molar-refractivity contribution >= 4 is 21.9 Å². The number of carbonyl (C=O) groups is 1. The molecule has 1 aliphatic rings. The fourth-order valence-corrected chi connectivity index (χ4v) is 3.60. The number of likely N-dealkylation sites (tertiary alicyclic amines) is 1. The minimum Gasteiger partial charge on any atom is -0.469 e. The summed E-state index contributed by atoms with van der Waals surface area (Å²) in [5.41, 5.74) is 2.25. The quantitative estimate of drug-likeness (QED) is 0.784. The van der Waals surface area contributed by atoms with Gasteiger partial charge in [0.05, 0.1) is 28.9 Å². The summed E-state index contributed by atoms with van der Waals surface area (Å²) in [6, 6.07) is 0. The summed E-state index contributed by atoms with van der Waals surface area (Å²) in [7, 11) is 3.43. The van der Waals surface area contributed by atoms with E-state index in [1.165, 1.54) is 12.8 Å². The lowest BCUT2D eigenvalue weighted by Gasteiger charge is -2.15. The first kappa shape index (κ1) is 15.5. The van der Waals surface area contributed by atoms with Gasteiger partial charge >= 0.3 is 5.97 Å². The molecule has 0 spiro atoms. The molecule has 6 heteroatoms. The lowest BCUT2D eigenvalue weighted by molar-refractivity contribution is -0.146. The Morgan fingerprint density at radius 1 is 1.50 bits per heavy atom. The first-order chi connectivity index (χ1) is 9.47. The van der Waals surface area contributed by atoms with E-state index in [4.69, 9.17) is 4.74 Å². The molecular formula is C14H22BrN3O2. The van der Waals surface area contributed by atoms with Gasteiger partial charge in [0.1, 0.15) is 0 Å². The van der Waals surface area contributed by atoms with Crippen LogP contribution in [0.5, 0.6) is 0 Å². The van der Waals surface area contributed by atoms with Crippen LogP contribution in [0.1, 0.15) is 25.2 Å².